The third kappa shape index (κ3) is 2.82. The Morgan fingerprint density at radius 1 is 1.23 bits per heavy atom. The predicted molar refractivity (Wildman–Crippen MR) is 86.5 cm³/mol. The van der Waals surface area contributed by atoms with E-state index < -0.39 is 0 Å². The molecule has 0 bridgehead atoms. The third-order valence-corrected chi connectivity index (χ3v) is 3.26. The summed E-state index contributed by atoms with van der Waals surface area (Å²) in [7, 11) is 3.70. The second-order valence-corrected chi connectivity index (χ2v) is 5.31. The minimum Gasteiger partial charge on any atom is -0.309 e. The van der Waals surface area contributed by atoms with E-state index in [1.807, 2.05) is 55.4 Å². The van der Waals surface area contributed by atoms with Crippen molar-refractivity contribution in [3.8, 4) is 11.1 Å². The van der Waals surface area contributed by atoms with E-state index in [1.54, 1.807) is 6.20 Å². The quantitative estimate of drug-likeness (QED) is 0.773. The highest BCUT2D eigenvalue weighted by Gasteiger charge is 2.14. The van der Waals surface area contributed by atoms with E-state index >= 15 is 0 Å². The summed E-state index contributed by atoms with van der Waals surface area (Å²) in [5.41, 5.74) is 2.63. The van der Waals surface area contributed by atoms with Crippen molar-refractivity contribution in [1.29, 1.82) is 0 Å². The maximum Gasteiger partial charge on any atom is 0.239 e. The molecule has 0 saturated heterocycles. The summed E-state index contributed by atoms with van der Waals surface area (Å²) in [6, 6.07) is 11.9. The van der Waals surface area contributed by atoms with Crippen LogP contribution in [0.2, 0.25) is 0 Å². The third-order valence-electron chi connectivity index (χ3n) is 3.26. The molecule has 0 atom stereocenters. The van der Waals surface area contributed by atoms with Gasteiger partial charge in [-0.25, -0.2) is 4.98 Å². The highest BCUT2D eigenvalue weighted by atomic mass is 16.2. The Bertz CT molecular complexity index is 795. The number of aromatic nitrogens is 3. The standard InChI is InChI=1S/C16H17N5O/c1-21(2)10-13(22)18-16-14-12(11-6-4-3-5-7-11)8-9-17-15(14)19-20-16/h3-9H,10H2,1-2H3,(H2,17,18,19,20,22). The second kappa shape index (κ2) is 5.95. The van der Waals surface area contributed by atoms with Crippen LogP contribution in [-0.2, 0) is 4.79 Å². The van der Waals surface area contributed by atoms with E-state index in [9.17, 15) is 4.79 Å². The molecule has 0 saturated carbocycles. The van der Waals surface area contributed by atoms with Gasteiger partial charge in [-0.2, -0.15) is 5.10 Å². The normalized spacial score (nSPS) is 11.0. The van der Waals surface area contributed by atoms with Crippen molar-refractivity contribution in [2.45, 2.75) is 0 Å². The lowest BCUT2D eigenvalue weighted by Crippen LogP contribution is -2.27. The van der Waals surface area contributed by atoms with Gasteiger partial charge in [0.2, 0.25) is 5.91 Å². The Morgan fingerprint density at radius 2 is 2.00 bits per heavy atom. The average Bonchev–Trinajstić information content (AvgIpc) is 2.90. The van der Waals surface area contributed by atoms with Crippen molar-refractivity contribution in [1.82, 2.24) is 20.1 Å². The van der Waals surface area contributed by atoms with Crippen molar-refractivity contribution < 1.29 is 4.79 Å². The summed E-state index contributed by atoms with van der Waals surface area (Å²) in [5, 5.41) is 10.7. The SMILES string of the molecule is CN(C)CC(=O)Nc1[nH]nc2nccc(-c3ccccc3)c12. The maximum absolute atomic E-state index is 12.0. The van der Waals surface area contributed by atoms with E-state index in [0.717, 1.165) is 16.5 Å². The first-order valence-electron chi connectivity index (χ1n) is 6.98. The van der Waals surface area contributed by atoms with Crippen LogP contribution in [0.1, 0.15) is 0 Å². The molecule has 0 spiro atoms. The molecule has 0 unspecified atom stereocenters. The zero-order valence-corrected chi connectivity index (χ0v) is 12.5. The zero-order valence-electron chi connectivity index (χ0n) is 12.5. The van der Waals surface area contributed by atoms with Gasteiger partial charge in [0, 0.05) is 6.20 Å². The van der Waals surface area contributed by atoms with Gasteiger partial charge in [0.05, 0.1) is 11.9 Å². The Balaban J connectivity index is 2.04. The van der Waals surface area contributed by atoms with Gasteiger partial charge in [-0.15, -0.1) is 0 Å². The number of anilines is 1. The van der Waals surface area contributed by atoms with Crippen LogP contribution in [0.4, 0.5) is 5.82 Å². The van der Waals surface area contributed by atoms with Crippen LogP contribution in [0.3, 0.4) is 0 Å². The molecule has 0 aliphatic heterocycles. The summed E-state index contributed by atoms with van der Waals surface area (Å²) >= 11 is 0. The largest absolute Gasteiger partial charge is 0.309 e. The minimum atomic E-state index is -0.0987. The fourth-order valence-corrected chi connectivity index (χ4v) is 2.36. The molecule has 6 heteroatoms. The molecule has 2 N–H and O–H groups in total. The van der Waals surface area contributed by atoms with Gasteiger partial charge in [0.25, 0.3) is 0 Å². The molecule has 1 amide bonds. The molecule has 0 radical (unpaired) electrons. The smallest absolute Gasteiger partial charge is 0.239 e. The Labute approximate surface area is 128 Å². The van der Waals surface area contributed by atoms with Crippen LogP contribution >= 0.6 is 0 Å². The molecule has 0 aliphatic rings. The number of nitrogens with zero attached hydrogens (tertiary/aromatic N) is 3. The molecule has 112 valence electrons. The number of benzene rings is 1. The van der Waals surface area contributed by atoms with Crippen molar-refractivity contribution in [2.75, 3.05) is 26.0 Å². The number of amides is 1. The summed E-state index contributed by atoms with van der Waals surface area (Å²) in [5.74, 6) is 0.479. The van der Waals surface area contributed by atoms with Crippen LogP contribution in [-0.4, -0.2) is 46.6 Å². The highest BCUT2D eigenvalue weighted by molar-refractivity contribution is 6.05. The Morgan fingerprint density at radius 3 is 2.73 bits per heavy atom. The molecule has 3 rings (SSSR count). The fourth-order valence-electron chi connectivity index (χ4n) is 2.36. The van der Waals surface area contributed by atoms with Gasteiger partial charge >= 0.3 is 0 Å². The number of H-pyrrole nitrogens is 1. The summed E-state index contributed by atoms with van der Waals surface area (Å²) in [4.78, 5) is 18.1. The molecule has 2 heterocycles. The lowest BCUT2D eigenvalue weighted by Gasteiger charge is -2.10. The van der Waals surface area contributed by atoms with Gasteiger partial charge in [-0.3, -0.25) is 9.89 Å². The maximum atomic E-state index is 12.0. The second-order valence-electron chi connectivity index (χ2n) is 5.31. The van der Waals surface area contributed by atoms with Crippen LogP contribution in [0.5, 0.6) is 0 Å². The topological polar surface area (TPSA) is 73.9 Å². The highest BCUT2D eigenvalue weighted by Crippen LogP contribution is 2.31. The number of aromatic amines is 1. The number of fused-ring (bicyclic) bond motifs is 1. The molecular formula is C16H17N5O. The summed E-state index contributed by atoms with van der Waals surface area (Å²) in [6.45, 7) is 0.307. The number of likely N-dealkylation sites (N-methyl/N-ethyl adjacent to an activating group) is 1. The van der Waals surface area contributed by atoms with Gasteiger partial charge in [-0.1, -0.05) is 30.3 Å². The van der Waals surface area contributed by atoms with Gasteiger partial charge in [0.1, 0.15) is 5.82 Å². The first kappa shape index (κ1) is 14.2. The van der Waals surface area contributed by atoms with Crippen LogP contribution < -0.4 is 5.32 Å². The van der Waals surface area contributed by atoms with E-state index in [-0.39, 0.29) is 5.91 Å². The van der Waals surface area contributed by atoms with E-state index in [0.29, 0.717) is 18.0 Å². The summed E-state index contributed by atoms with van der Waals surface area (Å²) in [6.07, 6.45) is 1.72. The first-order chi connectivity index (χ1) is 10.6. The number of hydrogen-bond donors (Lipinski definition) is 2. The minimum absolute atomic E-state index is 0.0987. The number of hydrogen-bond acceptors (Lipinski definition) is 4. The molecule has 22 heavy (non-hydrogen) atoms. The Kier molecular flexibility index (Phi) is 3.84. The van der Waals surface area contributed by atoms with Gasteiger partial charge in [-0.05, 0) is 31.3 Å². The van der Waals surface area contributed by atoms with Crippen molar-refractivity contribution >= 4 is 22.8 Å². The number of carbonyl (C=O) groups is 1. The lowest BCUT2D eigenvalue weighted by molar-refractivity contribution is -0.116. The number of rotatable bonds is 4. The molecule has 0 fully saturated rings. The van der Waals surface area contributed by atoms with E-state index in [1.165, 1.54) is 0 Å². The fraction of sp³-hybridized carbons (Fsp3) is 0.188. The predicted octanol–water partition coefficient (Wildman–Crippen LogP) is 2.12. The molecule has 0 aliphatic carbocycles. The molecule has 1 aromatic carbocycles. The van der Waals surface area contributed by atoms with E-state index in [4.69, 9.17) is 0 Å². The van der Waals surface area contributed by atoms with Crippen molar-refractivity contribution in [3.05, 3.63) is 42.6 Å². The Hall–Kier alpha value is -2.73. The molecule has 2 aromatic heterocycles. The average molecular weight is 295 g/mol. The van der Waals surface area contributed by atoms with Crippen LogP contribution in [0.25, 0.3) is 22.2 Å². The van der Waals surface area contributed by atoms with E-state index in [2.05, 4.69) is 20.5 Å². The van der Waals surface area contributed by atoms with Gasteiger partial charge < -0.3 is 10.2 Å². The monoisotopic (exact) mass is 295 g/mol. The van der Waals surface area contributed by atoms with Crippen LogP contribution in [0.15, 0.2) is 42.6 Å². The summed E-state index contributed by atoms with van der Waals surface area (Å²) < 4.78 is 0. The number of carbonyl (C=O) groups excluding carboxylic acids is 1. The lowest BCUT2D eigenvalue weighted by atomic mass is 10.0. The molecule has 6 nitrogen and oxygen atoms in total. The first-order valence-corrected chi connectivity index (χ1v) is 6.98. The zero-order chi connectivity index (χ0) is 15.5. The van der Waals surface area contributed by atoms with Crippen LogP contribution in [0, 0.1) is 0 Å². The van der Waals surface area contributed by atoms with Crippen molar-refractivity contribution in [2.24, 2.45) is 0 Å². The number of pyridine rings is 1. The van der Waals surface area contributed by atoms with Crippen molar-refractivity contribution in [3.63, 3.8) is 0 Å². The number of nitrogens with one attached hydrogen (secondary N) is 2. The molecule has 3 aromatic rings. The van der Waals surface area contributed by atoms with Gasteiger partial charge in [0.15, 0.2) is 5.65 Å². The molecular weight excluding hydrogens is 278 g/mol.